The van der Waals surface area contributed by atoms with Gasteiger partial charge in [-0.25, -0.2) is 25.6 Å². The molecule has 0 heterocycles. The molecule has 2 N–H and O–H groups in total. The number of sulfonamides is 2. The molecule has 3 aromatic carbocycles. The van der Waals surface area contributed by atoms with Gasteiger partial charge >= 0.3 is 0 Å². The highest BCUT2D eigenvalue weighted by Crippen LogP contribution is 2.35. The maximum Gasteiger partial charge on any atom is 0.265 e. The summed E-state index contributed by atoms with van der Waals surface area (Å²) in [4.78, 5) is -1.27. The molecule has 0 aromatic heterocycles. The molecular formula is C19H12Cl4F2N2O5S2. The van der Waals surface area contributed by atoms with Gasteiger partial charge in [-0.15, -0.1) is 0 Å². The number of hydrogen-bond acceptors (Lipinski definition) is 5. The summed E-state index contributed by atoms with van der Waals surface area (Å²) in [6.45, 7) is 0. The molecule has 3 aromatic rings. The highest BCUT2D eigenvalue weighted by atomic mass is 35.5. The lowest BCUT2D eigenvalue weighted by molar-refractivity contribution is 0.402. The van der Waals surface area contributed by atoms with Gasteiger partial charge in [0.15, 0.2) is 0 Å². The number of methoxy groups -OCH3 is 1. The van der Waals surface area contributed by atoms with E-state index >= 15 is 0 Å². The van der Waals surface area contributed by atoms with Crippen molar-refractivity contribution in [3.63, 3.8) is 0 Å². The van der Waals surface area contributed by atoms with Crippen LogP contribution in [0, 0.1) is 11.6 Å². The average Bonchev–Trinajstić information content (AvgIpc) is 2.73. The summed E-state index contributed by atoms with van der Waals surface area (Å²) in [5.41, 5.74) is -1.21. The lowest BCUT2D eigenvalue weighted by Gasteiger charge is -2.15. The molecule has 7 nitrogen and oxygen atoms in total. The van der Waals surface area contributed by atoms with E-state index in [-0.39, 0.29) is 25.8 Å². The summed E-state index contributed by atoms with van der Waals surface area (Å²) in [5.74, 6) is -2.40. The molecule has 0 saturated heterocycles. The molecule has 0 bridgehead atoms. The minimum Gasteiger partial charge on any atom is -0.495 e. The minimum absolute atomic E-state index is 0.0672. The fraction of sp³-hybridized carbons (Fsp3) is 0.0526. The number of ether oxygens (including phenoxy) is 1. The third-order valence-corrected chi connectivity index (χ3v) is 7.97. The Kier molecular flexibility index (Phi) is 7.76. The van der Waals surface area contributed by atoms with Crippen molar-refractivity contribution in [1.29, 1.82) is 0 Å². The summed E-state index contributed by atoms with van der Waals surface area (Å²) in [5, 5.41) is -0.812. The SMILES string of the molecule is COc1ccc(S(=O)(=O)Nc2c(F)cc(Cl)cc2Cl)cc1S(=O)(=O)Nc1c(F)cc(Cl)cc1Cl. The summed E-state index contributed by atoms with van der Waals surface area (Å²) in [6.07, 6.45) is 0. The quantitative estimate of drug-likeness (QED) is 0.341. The number of nitrogens with one attached hydrogen (secondary N) is 2. The van der Waals surface area contributed by atoms with Crippen LogP contribution in [0.15, 0.2) is 52.3 Å². The van der Waals surface area contributed by atoms with Crippen LogP contribution >= 0.6 is 46.4 Å². The van der Waals surface area contributed by atoms with Gasteiger partial charge in [0.1, 0.15) is 33.7 Å². The van der Waals surface area contributed by atoms with E-state index in [0.29, 0.717) is 0 Å². The third kappa shape index (κ3) is 5.61. The Labute approximate surface area is 213 Å². The second kappa shape index (κ2) is 9.92. The van der Waals surface area contributed by atoms with Gasteiger partial charge in [-0.1, -0.05) is 46.4 Å². The average molecular weight is 592 g/mol. The van der Waals surface area contributed by atoms with Crippen molar-refractivity contribution < 1.29 is 30.4 Å². The first kappa shape index (κ1) is 26.6. The van der Waals surface area contributed by atoms with Crippen LogP contribution in [0.25, 0.3) is 0 Å². The van der Waals surface area contributed by atoms with E-state index in [0.717, 1.165) is 49.6 Å². The van der Waals surface area contributed by atoms with E-state index in [2.05, 4.69) is 0 Å². The largest absolute Gasteiger partial charge is 0.495 e. The maximum atomic E-state index is 14.3. The first-order valence-electron chi connectivity index (χ1n) is 8.78. The van der Waals surface area contributed by atoms with Crippen molar-refractivity contribution in [2.24, 2.45) is 0 Å². The van der Waals surface area contributed by atoms with Crippen molar-refractivity contribution in [3.05, 3.63) is 74.2 Å². The van der Waals surface area contributed by atoms with Gasteiger partial charge in [0.05, 0.1) is 22.1 Å². The standard InChI is InChI=1S/C19H12Cl4F2N2O5S2/c1-32-16-3-2-11(33(28,29)26-18-12(22)4-9(20)6-14(18)24)8-17(16)34(30,31)27-19-13(23)5-10(21)7-15(19)25/h2-8,26-27H,1H3. The minimum atomic E-state index is -4.64. The van der Waals surface area contributed by atoms with Gasteiger partial charge in [0, 0.05) is 10.0 Å². The number of halogens is 6. The van der Waals surface area contributed by atoms with E-state index in [1.165, 1.54) is 0 Å². The highest BCUT2D eigenvalue weighted by molar-refractivity contribution is 7.93. The smallest absolute Gasteiger partial charge is 0.265 e. The van der Waals surface area contributed by atoms with E-state index in [1.54, 1.807) is 0 Å². The Morgan fingerprint density at radius 3 is 1.65 bits per heavy atom. The van der Waals surface area contributed by atoms with Gasteiger partial charge in [0.2, 0.25) is 0 Å². The van der Waals surface area contributed by atoms with Crippen LogP contribution in [-0.2, 0) is 20.0 Å². The Balaban J connectivity index is 2.07. The number of anilines is 2. The summed E-state index contributed by atoms with van der Waals surface area (Å²) < 4.78 is 89.1. The molecular weight excluding hydrogens is 580 g/mol. The Hall–Kier alpha value is -2.02. The molecule has 0 spiro atoms. The van der Waals surface area contributed by atoms with Gasteiger partial charge in [-0.2, -0.15) is 0 Å². The Bertz CT molecular complexity index is 1460. The number of hydrogen-bond donors (Lipinski definition) is 2. The molecule has 0 saturated carbocycles. The molecule has 15 heteroatoms. The first-order chi connectivity index (χ1) is 15.7. The van der Waals surface area contributed by atoms with Crippen LogP contribution in [0.4, 0.5) is 20.2 Å². The second-order valence-electron chi connectivity index (χ2n) is 6.51. The van der Waals surface area contributed by atoms with Crippen LogP contribution in [0.2, 0.25) is 20.1 Å². The molecule has 182 valence electrons. The van der Waals surface area contributed by atoms with E-state index < -0.39 is 52.8 Å². The van der Waals surface area contributed by atoms with Crippen LogP contribution in [-0.4, -0.2) is 23.9 Å². The van der Waals surface area contributed by atoms with Crippen molar-refractivity contribution in [3.8, 4) is 5.75 Å². The fourth-order valence-electron chi connectivity index (χ4n) is 2.70. The van der Waals surface area contributed by atoms with E-state index in [1.807, 2.05) is 9.44 Å². The molecule has 0 atom stereocenters. The molecule has 0 aliphatic heterocycles. The second-order valence-corrected chi connectivity index (χ2v) is 11.5. The Morgan fingerprint density at radius 1 is 0.735 bits per heavy atom. The van der Waals surface area contributed by atoms with Gasteiger partial charge in [-0.3, -0.25) is 9.44 Å². The van der Waals surface area contributed by atoms with Crippen molar-refractivity contribution in [2.75, 3.05) is 16.6 Å². The molecule has 0 fully saturated rings. The molecule has 0 aliphatic rings. The van der Waals surface area contributed by atoms with Gasteiger partial charge in [-0.05, 0) is 42.5 Å². The monoisotopic (exact) mass is 590 g/mol. The molecule has 0 unspecified atom stereocenters. The number of benzene rings is 3. The highest BCUT2D eigenvalue weighted by Gasteiger charge is 2.27. The lowest BCUT2D eigenvalue weighted by Crippen LogP contribution is -2.18. The summed E-state index contributed by atoms with van der Waals surface area (Å²) in [6, 6.07) is 6.67. The van der Waals surface area contributed by atoms with Crippen LogP contribution < -0.4 is 14.2 Å². The molecule has 3 rings (SSSR count). The topological polar surface area (TPSA) is 102 Å². The molecule has 0 aliphatic carbocycles. The fourth-order valence-corrected chi connectivity index (χ4v) is 6.31. The van der Waals surface area contributed by atoms with Gasteiger partial charge in [0.25, 0.3) is 20.0 Å². The van der Waals surface area contributed by atoms with Crippen molar-refractivity contribution in [1.82, 2.24) is 0 Å². The third-order valence-electron chi connectivity index (χ3n) is 4.22. The zero-order valence-electron chi connectivity index (χ0n) is 16.7. The van der Waals surface area contributed by atoms with Crippen LogP contribution in [0.1, 0.15) is 0 Å². The molecule has 0 radical (unpaired) electrons. The predicted octanol–water partition coefficient (Wildman–Crippen LogP) is 6.19. The van der Waals surface area contributed by atoms with Crippen molar-refractivity contribution >= 4 is 77.8 Å². The van der Waals surface area contributed by atoms with Crippen LogP contribution in [0.3, 0.4) is 0 Å². The van der Waals surface area contributed by atoms with Crippen molar-refractivity contribution in [2.45, 2.75) is 9.79 Å². The zero-order valence-corrected chi connectivity index (χ0v) is 21.3. The van der Waals surface area contributed by atoms with E-state index in [9.17, 15) is 25.6 Å². The molecule has 0 amide bonds. The van der Waals surface area contributed by atoms with Crippen LogP contribution in [0.5, 0.6) is 5.75 Å². The maximum absolute atomic E-state index is 14.3. The molecule has 34 heavy (non-hydrogen) atoms. The summed E-state index contributed by atoms with van der Waals surface area (Å²) in [7, 11) is -8.06. The predicted molar refractivity (Wildman–Crippen MR) is 127 cm³/mol. The lowest BCUT2D eigenvalue weighted by atomic mass is 10.3. The first-order valence-corrected chi connectivity index (χ1v) is 13.3. The zero-order chi connectivity index (χ0) is 25.4. The normalized spacial score (nSPS) is 11.9. The summed E-state index contributed by atoms with van der Waals surface area (Å²) >= 11 is 23.1. The van der Waals surface area contributed by atoms with E-state index in [4.69, 9.17) is 51.1 Å². The Morgan fingerprint density at radius 2 is 1.21 bits per heavy atom. The van der Waals surface area contributed by atoms with Gasteiger partial charge < -0.3 is 4.74 Å². The number of rotatable bonds is 7.